The van der Waals surface area contributed by atoms with Crippen LogP contribution in [0.2, 0.25) is 0 Å². The Kier molecular flexibility index (Phi) is 2.60. The Morgan fingerprint density at radius 2 is 2.11 bits per heavy atom. The number of carbonyl (C=O) groups excluding carboxylic acids is 1. The SMILES string of the molecule is COC(=O)c1cc2[nH]nc(-c3ccccc3)c2s1. The van der Waals surface area contributed by atoms with E-state index in [1.807, 2.05) is 30.3 Å². The van der Waals surface area contributed by atoms with Crippen molar-refractivity contribution in [3.8, 4) is 11.3 Å². The van der Waals surface area contributed by atoms with Crippen molar-refractivity contribution < 1.29 is 9.53 Å². The predicted molar refractivity (Wildman–Crippen MR) is 70.7 cm³/mol. The minimum atomic E-state index is -0.316. The number of nitrogens with zero attached hydrogens (tertiary/aromatic N) is 1. The Labute approximate surface area is 107 Å². The summed E-state index contributed by atoms with van der Waals surface area (Å²) in [5.74, 6) is -0.316. The van der Waals surface area contributed by atoms with E-state index >= 15 is 0 Å². The van der Waals surface area contributed by atoms with Crippen LogP contribution in [0.3, 0.4) is 0 Å². The van der Waals surface area contributed by atoms with E-state index in [1.54, 1.807) is 6.07 Å². The topological polar surface area (TPSA) is 55.0 Å². The molecule has 5 heteroatoms. The highest BCUT2D eigenvalue weighted by molar-refractivity contribution is 7.21. The van der Waals surface area contributed by atoms with Crippen LogP contribution in [-0.2, 0) is 4.74 Å². The molecule has 1 N–H and O–H groups in total. The van der Waals surface area contributed by atoms with Crippen LogP contribution < -0.4 is 0 Å². The minimum Gasteiger partial charge on any atom is -0.465 e. The Bertz CT molecular complexity index is 700. The van der Waals surface area contributed by atoms with Gasteiger partial charge in [-0.2, -0.15) is 5.10 Å². The summed E-state index contributed by atoms with van der Waals surface area (Å²) in [6.45, 7) is 0. The maximum absolute atomic E-state index is 11.5. The van der Waals surface area contributed by atoms with Crippen molar-refractivity contribution in [3.05, 3.63) is 41.3 Å². The van der Waals surface area contributed by atoms with E-state index in [4.69, 9.17) is 4.74 Å². The van der Waals surface area contributed by atoms with E-state index in [-0.39, 0.29) is 5.97 Å². The highest BCUT2D eigenvalue weighted by atomic mass is 32.1. The smallest absolute Gasteiger partial charge is 0.348 e. The number of fused-ring (bicyclic) bond motifs is 1. The minimum absolute atomic E-state index is 0.316. The number of ether oxygens (including phenoxy) is 1. The van der Waals surface area contributed by atoms with Crippen molar-refractivity contribution in [2.45, 2.75) is 0 Å². The highest BCUT2D eigenvalue weighted by Gasteiger charge is 2.15. The quantitative estimate of drug-likeness (QED) is 0.719. The molecule has 0 fully saturated rings. The van der Waals surface area contributed by atoms with Gasteiger partial charge >= 0.3 is 5.97 Å². The van der Waals surface area contributed by atoms with Gasteiger partial charge in [0.25, 0.3) is 0 Å². The van der Waals surface area contributed by atoms with E-state index < -0.39 is 0 Å². The maximum Gasteiger partial charge on any atom is 0.348 e. The summed E-state index contributed by atoms with van der Waals surface area (Å²) < 4.78 is 5.69. The number of benzene rings is 1. The van der Waals surface area contributed by atoms with Crippen molar-refractivity contribution in [2.24, 2.45) is 0 Å². The molecule has 4 nitrogen and oxygen atoms in total. The van der Waals surface area contributed by atoms with Crippen molar-refractivity contribution in [1.82, 2.24) is 10.2 Å². The van der Waals surface area contributed by atoms with Gasteiger partial charge in [-0.25, -0.2) is 4.79 Å². The number of carbonyl (C=O) groups is 1. The second kappa shape index (κ2) is 4.27. The van der Waals surface area contributed by atoms with Gasteiger partial charge in [0.2, 0.25) is 0 Å². The molecule has 0 radical (unpaired) electrons. The molecule has 0 aliphatic carbocycles. The molecule has 90 valence electrons. The Morgan fingerprint density at radius 1 is 1.33 bits per heavy atom. The molecule has 0 saturated heterocycles. The summed E-state index contributed by atoms with van der Waals surface area (Å²) in [6, 6.07) is 11.6. The lowest BCUT2D eigenvalue weighted by Crippen LogP contribution is -1.96. The number of methoxy groups -OCH3 is 1. The van der Waals surface area contributed by atoms with Gasteiger partial charge in [0, 0.05) is 5.56 Å². The van der Waals surface area contributed by atoms with Crippen molar-refractivity contribution in [1.29, 1.82) is 0 Å². The van der Waals surface area contributed by atoms with Crippen molar-refractivity contribution >= 4 is 27.5 Å². The first kappa shape index (κ1) is 11.0. The summed E-state index contributed by atoms with van der Waals surface area (Å²) in [5, 5.41) is 7.22. The van der Waals surface area contributed by atoms with Gasteiger partial charge in [-0.15, -0.1) is 11.3 Å². The van der Waals surface area contributed by atoms with Crippen LogP contribution >= 0.6 is 11.3 Å². The third kappa shape index (κ3) is 1.69. The Balaban J connectivity index is 2.14. The zero-order valence-corrected chi connectivity index (χ0v) is 10.5. The van der Waals surface area contributed by atoms with Crippen LogP contribution in [0.4, 0.5) is 0 Å². The Morgan fingerprint density at radius 3 is 2.83 bits per heavy atom. The molecular formula is C13H10N2O2S. The molecular weight excluding hydrogens is 248 g/mol. The number of aromatic nitrogens is 2. The number of esters is 1. The van der Waals surface area contributed by atoms with Gasteiger partial charge < -0.3 is 4.74 Å². The third-order valence-electron chi connectivity index (χ3n) is 2.67. The first-order valence-corrected chi connectivity index (χ1v) is 6.23. The third-order valence-corrected chi connectivity index (χ3v) is 3.79. The lowest BCUT2D eigenvalue weighted by molar-refractivity contribution is 0.0606. The maximum atomic E-state index is 11.5. The van der Waals surface area contributed by atoms with Crippen LogP contribution in [0.5, 0.6) is 0 Å². The predicted octanol–water partition coefficient (Wildman–Crippen LogP) is 3.08. The summed E-state index contributed by atoms with van der Waals surface area (Å²) >= 11 is 1.39. The van der Waals surface area contributed by atoms with Gasteiger partial charge in [-0.1, -0.05) is 30.3 Å². The molecule has 0 bridgehead atoms. The van der Waals surface area contributed by atoms with Gasteiger partial charge in [0.1, 0.15) is 10.6 Å². The molecule has 0 unspecified atom stereocenters. The van der Waals surface area contributed by atoms with Crippen molar-refractivity contribution in [2.75, 3.05) is 7.11 Å². The second-order valence-corrected chi connectivity index (χ2v) is 4.84. The van der Waals surface area contributed by atoms with Crippen LogP contribution in [0, 0.1) is 0 Å². The molecule has 0 atom stereocenters. The van der Waals surface area contributed by atoms with Crippen LogP contribution in [0.1, 0.15) is 9.67 Å². The number of hydrogen-bond donors (Lipinski definition) is 1. The lowest BCUT2D eigenvalue weighted by Gasteiger charge is -1.95. The normalized spacial score (nSPS) is 10.7. The molecule has 2 aromatic heterocycles. The fraction of sp³-hybridized carbons (Fsp3) is 0.0769. The number of hydrogen-bond acceptors (Lipinski definition) is 4. The molecule has 0 aliphatic heterocycles. The summed E-state index contributed by atoms with van der Waals surface area (Å²) in [5.41, 5.74) is 2.76. The number of thiophene rings is 1. The Hall–Kier alpha value is -2.14. The molecule has 0 aliphatic rings. The summed E-state index contributed by atoms with van der Waals surface area (Å²) in [4.78, 5) is 12.1. The zero-order chi connectivity index (χ0) is 12.5. The largest absolute Gasteiger partial charge is 0.465 e. The monoisotopic (exact) mass is 258 g/mol. The standard InChI is InChI=1S/C13H10N2O2S/c1-17-13(16)10-7-9-12(18-10)11(15-14-9)8-5-3-2-4-6-8/h2-7H,1H3,(H,14,15). The number of rotatable bonds is 2. The van der Waals surface area contributed by atoms with Crippen molar-refractivity contribution in [3.63, 3.8) is 0 Å². The van der Waals surface area contributed by atoms with E-state index in [9.17, 15) is 4.79 Å². The summed E-state index contributed by atoms with van der Waals surface area (Å²) in [6.07, 6.45) is 0. The number of H-pyrrole nitrogens is 1. The second-order valence-electron chi connectivity index (χ2n) is 3.78. The van der Waals surface area contributed by atoms with Gasteiger partial charge in [0.15, 0.2) is 0 Å². The van der Waals surface area contributed by atoms with Gasteiger partial charge in [-0.3, -0.25) is 5.10 Å². The zero-order valence-electron chi connectivity index (χ0n) is 9.64. The van der Waals surface area contributed by atoms with E-state index in [1.165, 1.54) is 18.4 Å². The van der Waals surface area contributed by atoms with Crippen LogP contribution in [-0.4, -0.2) is 23.3 Å². The number of aromatic amines is 1. The van der Waals surface area contributed by atoms with E-state index in [0.29, 0.717) is 4.88 Å². The average Bonchev–Trinajstić information content (AvgIpc) is 2.98. The fourth-order valence-corrected chi connectivity index (χ4v) is 2.85. The molecule has 0 amide bonds. The van der Waals surface area contributed by atoms with Gasteiger partial charge in [0.05, 0.1) is 17.3 Å². The molecule has 3 rings (SSSR count). The summed E-state index contributed by atoms with van der Waals surface area (Å²) in [7, 11) is 1.38. The first-order valence-electron chi connectivity index (χ1n) is 5.41. The average molecular weight is 258 g/mol. The fourth-order valence-electron chi connectivity index (χ4n) is 1.81. The number of nitrogens with one attached hydrogen (secondary N) is 1. The molecule has 0 spiro atoms. The first-order chi connectivity index (χ1) is 8.79. The molecule has 18 heavy (non-hydrogen) atoms. The van der Waals surface area contributed by atoms with E-state index in [0.717, 1.165) is 21.5 Å². The highest BCUT2D eigenvalue weighted by Crippen LogP contribution is 2.33. The van der Waals surface area contributed by atoms with Crippen LogP contribution in [0.15, 0.2) is 36.4 Å². The van der Waals surface area contributed by atoms with E-state index in [2.05, 4.69) is 10.2 Å². The molecule has 2 heterocycles. The van der Waals surface area contributed by atoms with Gasteiger partial charge in [-0.05, 0) is 6.07 Å². The molecule has 1 aromatic carbocycles. The van der Waals surface area contributed by atoms with Crippen LogP contribution in [0.25, 0.3) is 21.5 Å². The lowest BCUT2D eigenvalue weighted by atomic mass is 10.1. The molecule has 0 saturated carbocycles. The molecule has 3 aromatic rings.